The van der Waals surface area contributed by atoms with E-state index in [9.17, 15) is 14.7 Å². The van der Waals surface area contributed by atoms with Crippen LogP contribution in [0.25, 0.3) is 0 Å². The Morgan fingerprint density at radius 1 is 1.02 bits per heavy atom. The second kappa shape index (κ2) is 9.66. The van der Waals surface area contributed by atoms with Gasteiger partial charge in [0.1, 0.15) is 12.1 Å². The summed E-state index contributed by atoms with van der Waals surface area (Å²) in [7, 11) is 0. The van der Waals surface area contributed by atoms with Crippen molar-refractivity contribution in [3.05, 3.63) is 18.2 Å². The average molecular weight is 567 g/mol. The molecule has 0 spiro atoms. The number of hydrogen-bond donors (Lipinski definition) is 1. The molecular formula is C35H54N2O4. The molecule has 6 rings (SSSR count). The van der Waals surface area contributed by atoms with Crippen molar-refractivity contribution in [2.75, 3.05) is 6.61 Å². The summed E-state index contributed by atoms with van der Waals surface area (Å²) in [5.74, 6) is 3.15. The number of aliphatic hydroxyl groups is 1. The Morgan fingerprint density at radius 3 is 2.46 bits per heavy atom. The van der Waals surface area contributed by atoms with E-state index in [1.807, 2.05) is 6.92 Å². The molecule has 11 atom stereocenters. The van der Waals surface area contributed by atoms with E-state index >= 15 is 0 Å². The molecular weight excluding hydrogens is 512 g/mol. The van der Waals surface area contributed by atoms with E-state index in [1.165, 1.54) is 36.5 Å². The van der Waals surface area contributed by atoms with Gasteiger partial charge in [0.15, 0.2) is 0 Å². The first-order chi connectivity index (χ1) is 19.2. The van der Waals surface area contributed by atoms with E-state index in [-0.39, 0.29) is 45.2 Å². The Hall–Kier alpha value is -1.69. The van der Waals surface area contributed by atoms with Gasteiger partial charge in [-0.05, 0) is 122 Å². The maximum atomic E-state index is 13.1. The summed E-state index contributed by atoms with van der Waals surface area (Å²) in [6.07, 6.45) is 15.2. The van der Waals surface area contributed by atoms with E-state index < -0.39 is 0 Å². The molecule has 6 nitrogen and oxygen atoms in total. The maximum absolute atomic E-state index is 13.1. The number of aryl methyl sites for hydroxylation is 1. The molecule has 5 aliphatic rings. The molecule has 0 bridgehead atoms. The number of ether oxygens (including phenoxy) is 1. The fourth-order valence-electron chi connectivity index (χ4n) is 12.6. The van der Waals surface area contributed by atoms with Gasteiger partial charge in [0.2, 0.25) is 0 Å². The van der Waals surface area contributed by atoms with Gasteiger partial charge >= 0.3 is 6.09 Å². The molecule has 5 fully saturated rings. The van der Waals surface area contributed by atoms with Crippen LogP contribution in [0, 0.1) is 69.5 Å². The highest BCUT2D eigenvalue weighted by Crippen LogP contribution is 2.77. The van der Waals surface area contributed by atoms with Crippen molar-refractivity contribution < 1.29 is 19.4 Å². The van der Waals surface area contributed by atoms with Crippen LogP contribution in [-0.4, -0.2) is 39.7 Å². The van der Waals surface area contributed by atoms with Crippen LogP contribution in [0.3, 0.4) is 0 Å². The van der Waals surface area contributed by atoms with Gasteiger partial charge in [0.25, 0.3) is 0 Å². The van der Waals surface area contributed by atoms with E-state index in [2.05, 4.69) is 46.5 Å². The van der Waals surface area contributed by atoms with Crippen molar-refractivity contribution in [1.29, 1.82) is 0 Å². The third-order valence-electron chi connectivity index (χ3n) is 15.0. The lowest BCUT2D eigenvalue weighted by atomic mass is 9.32. The first-order valence-corrected chi connectivity index (χ1v) is 16.6. The molecule has 0 aromatic carbocycles. The summed E-state index contributed by atoms with van der Waals surface area (Å²) in [6, 6.07) is 0. The molecule has 1 heterocycles. The number of hydrogen-bond acceptors (Lipinski definition) is 5. The Morgan fingerprint density at radius 2 is 1.78 bits per heavy atom. The number of carbonyl (C=O) groups is 2. The summed E-state index contributed by atoms with van der Waals surface area (Å²) in [6.45, 7) is 16.9. The monoisotopic (exact) mass is 566 g/mol. The normalized spacial score (nSPS) is 47.3. The lowest BCUT2D eigenvalue weighted by Crippen LogP contribution is -2.67. The highest BCUT2D eigenvalue weighted by Gasteiger charge is 2.71. The minimum Gasteiger partial charge on any atom is -0.448 e. The van der Waals surface area contributed by atoms with Crippen LogP contribution in [0.5, 0.6) is 0 Å². The molecule has 1 N–H and O–H groups in total. The predicted molar refractivity (Wildman–Crippen MR) is 159 cm³/mol. The number of aliphatic hydroxyl groups excluding tert-OH is 1. The van der Waals surface area contributed by atoms with Crippen LogP contribution in [-0.2, 0) is 9.53 Å². The average Bonchev–Trinajstić information content (AvgIpc) is 3.54. The third-order valence-corrected chi connectivity index (χ3v) is 15.0. The predicted octanol–water partition coefficient (Wildman–Crippen LogP) is 7.45. The van der Waals surface area contributed by atoms with Gasteiger partial charge < -0.3 is 14.6 Å². The number of fused-ring (bicyclic) bond motifs is 7. The van der Waals surface area contributed by atoms with Crippen LogP contribution in [0.2, 0.25) is 0 Å². The van der Waals surface area contributed by atoms with Crippen molar-refractivity contribution in [2.24, 2.45) is 62.6 Å². The van der Waals surface area contributed by atoms with Gasteiger partial charge in [0, 0.05) is 23.7 Å². The zero-order valence-electron chi connectivity index (χ0n) is 26.6. The van der Waals surface area contributed by atoms with Crippen LogP contribution in [0.4, 0.5) is 4.79 Å². The molecule has 5 aliphatic carbocycles. The third kappa shape index (κ3) is 3.93. The summed E-state index contributed by atoms with van der Waals surface area (Å²) in [5.41, 5.74) is 0.572. The van der Waals surface area contributed by atoms with Gasteiger partial charge in [-0.15, -0.1) is 0 Å². The van der Waals surface area contributed by atoms with Crippen molar-refractivity contribution >= 4 is 12.4 Å². The van der Waals surface area contributed by atoms with Crippen LogP contribution in [0.15, 0.2) is 12.4 Å². The van der Waals surface area contributed by atoms with E-state index in [0.29, 0.717) is 42.0 Å². The van der Waals surface area contributed by atoms with Crippen molar-refractivity contribution in [2.45, 2.75) is 119 Å². The second-order valence-corrected chi connectivity index (χ2v) is 16.5. The van der Waals surface area contributed by atoms with Crippen molar-refractivity contribution in [1.82, 2.24) is 9.55 Å². The van der Waals surface area contributed by atoms with Crippen molar-refractivity contribution in [3.63, 3.8) is 0 Å². The standard InChI is InChI=1S/C35H54N2O4/c1-22(20-38)24-10-15-35(21-41-30(40)37-19-18-36-23(37)2)17-16-33(6)25(29(24)35)8-9-27-32(5)13-12-28(39)31(3,4)26(32)11-14-34(27,33)7/h18-20,22,24-29,39H,8-17,21H2,1-7H3/t22-,24-,25+,26-,27+,28-,29?,32-,33+,34+,35+/m0/s1. The SMILES string of the molecule is Cc1nccn1C(=O)OC[C@]12CC[C@@H]([C@@H](C)C=O)C1[C@H]1CC[C@@H]3[C@@]4(C)CC[C@H](O)C(C)(C)[C@@H]4CC[C@@]3(C)[C@]1(C)CC2. The molecule has 0 radical (unpaired) electrons. The molecule has 0 aliphatic heterocycles. The highest BCUT2D eigenvalue weighted by molar-refractivity contribution is 5.71. The number of aromatic nitrogens is 2. The van der Waals surface area contributed by atoms with Crippen LogP contribution >= 0.6 is 0 Å². The zero-order valence-corrected chi connectivity index (χ0v) is 26.6. The maximum Gasteiger partial charge on any atom is 0.419 e. The summed E-state index contributed by atoms with van der Waals surface area (Å²) < 4.78 is 7.62. The summed E-state index contributed by atoms with van der Waals surface area (Å²) in [4.78, 5) is 29.5. The molecule has 1 unspecified atom stereocenters. The highest BCUT2D eigenvalue weighted by atomic mass is 16.5. The van der Waals surface area contributed by atoms with Crippen molar-refractivity contribution in [3.8, 4) is 0 Å². The second-order valence-electron chi connectivity index (χ2n) is 16.5. The van der Waals surface area contributed by atoms with Gasteiger partial charge in [0.05, 0.1) is 12.7 Å². The van der Waals surface area contributed by atoms with Gasteiger partial charge in [-0.25, -0.2) is 14.3 Å². The Balaban J connectivity index is 1.33. The Labute approximate surface area is 247 Å². The van der Waals surface area contributed by atoms with E-state index in [4.69, 9.17) is 4.74 Å². The number of aldehydes is 1. The fourth-order valence-corrected chi connectivity index (χ4v) is 12.6. The zero-order chi connectivity index (χ0) is 29.6. The van der Waals surface area contributed by atoms with Gasteiger partial charge in [-0.3, -0.25) is 0 Å². The molecule has 1 aromatic rings. The number of nitrogens with zero attached hydrogens (tertiary/aromatic N) is 2. The Kier molecular flexibility index (Phi) is 6.92. The van der Waals surface area contributed by atoms with Crippen LogP contribution < -0.4 is 0 Å². The molecule has 5 saturated carbocycles. The molecule has 0 amide bonds. The first kappa shape index (κ1) is 29.4. The van der Waals surface area contributed by atoms with Gasteiger partial charge in [-0.2, -0.15) is 0 Å². The minimum absolute atomic E-state index is 0.0234. The quantitative estimate of drug-likeness (QED) is 0.383. The summed E-state index contributed by atoms with van der Waals surface area (Å²) in [5, 5.41) is 11.0. The number of carbonyl (C=O) groups excluding carboxylic acids is 2. The smallest absolute Gasteiger partial charge is 0.419 e. The topological polar surface area (TPSA) is 81.4 Å². The molecule has 0 saturated heterocycles. The minimum atomic E-state index is -0.336. The molecule has 1 aromatic heterocycles. The largest absolute Gasteiger partial charge is 0.448 e. The lowest BCUT2D eigenvalue weighted by Gasteiger charge is -2.73. The summed E-state index contributed by atoms with van der Waals surface area (Å²) >= 11 is 0. The van der Waals surface area contributed by atoms with Gasteiger partial charge in [-0.1, -0.05) is 41.5 Å². The fraction of sp³-hybridized carbons (Fsp3) is 0.857. The lowest BCUT2D eigenvalue weighted by molar-refractivity contribution is -0.250. The molecule has 228 valence electrons. The Bertz CT molecular complexity index is 1190. The first-order valence-electron chi connectivity index (χ1n) is 16.6. The van der Waals surface area contributed by atoms with E-state index in [1.54, 1.807) is 12.4 Å². The number of rotatable bonds is 4. The molecule has 6 heteroatoms. The van der Waals surface area contributed by atoms with Crippen LogP contribution in [0.1, 0.15) is 112 Å². The van der Waals surface area contributed by atoms with E-state index in [0.717, 1.165) is 38.5 Å². The number of imidazole rings is 1. The molecule has 41 heavy (non-hydrogen) atoms.